The maximum Gasteiger partial charge on any atom is 0.274 e. The van der Waals surface area contributed by atoms with E-state index in [4.69, 9.17) is 11.6 Å². The molecule has 1 aromatic heterocycles. The molecule has 22 heavy (non-hydrogen) atoms. The lowest BCUT2D eigenvalue weighted by Crippen LogP contribution is -2.24. The van der Waals surface area contributed by atoms with Crippen molar-refractivity contribution < 1.29 is 9.18 Å². The van der Waals surface area contributed by atoms with Gasteiger partial charge in [-0.25, -0.2) is 14.4 Å². The number of nitrogens with zero attached hydrogens (tertiary/aromatic N) is 3. The van der Waals surface area contributed by atoms with Gasteiger partial charge in [-0.15, -0.1) is 0 Å². The molecule has 1 aromatic carbocycles. The molecule has 0 bridgehead atoms. The zero-order valence-corrected chi connectivity index (χ0v) is 13.1. The van der Waals surface area contributed by atoms with E-state index in [0.717, 1.165) is 13.1 Å². The fourth-order valence-corrected chi connectivity index (χ4v) is 2.14. The molecule has 1 amide bonds. The van der Waals surface area contributed by atoms with Gasteiger partial charge >= 0.3 is 0 Å². The summed E-state index contributed by atoms with van der Waals surface area (Å²) in [7, 11) is 0. The number of hydrogen-bond donors (Lipinski definition) is 1. The van der Waals surface area contributed by atoms with Crippen LogP contribution in [-0.2, 0) is 0 Å². The Kier molecular flexibility index (Phi) is 5.27. The van der Waals surface area contributed by atoms with Crippen LogP contribution in [0.4, 0.5) is 15.9 Å². The highest BCUT2D eigenvalue weighted by molar-refractivity contribution is 6.31. The van der Waals surface area contributed by atoms with Crippen molar-refractivity contribution >= 4 is 29.0 Å². The molecular formula is C15H16ClFN4O. The van der Waals surface area contributed by atoms with Crippen molar-refractivity contribution in [3.8, 4) is 0 Å². The van der Waals surface area contributed by atoms with Gasteiger partial charge in [0.05, 0.1) is 5.02 Å². The lowest BCUT2D eigenvalue weighted by molar-refractivity contribution is 0.102. The predicted molar refractivity (Wildman–Crippen MR) is 85.0 cm³/mol. The first-order valence-electron chi connectivity index (χ1n) is 6.88. The second-order valence-electron chi connectivity index (χ2n) is 4.52. The molecule has 5 nitrogen and oxygen atoms in total. The molecule has 0 aliphatic carbocycles. The van der Waals surface area contributed by atoms with E-state index in [0.29, 0.717) is 11.5 Å². The van der Waals surface area contributed by atoms with E-state index in [1.165, 1.54) is 24.5 Å². The summed E-state index contributed by atoms with van der Waals surface area (Å²) in [5.74, 6) is -0.258. The Hall–Kier alpha value is -2.21. The van der Waals surface area contributed by atoms with E-state index in [1.54, 1.807) is 6.07 Å². The minimum absolute atomic E-state index is 0.0516. The van der Waals surface area contributed by atoms with Gasteiger partial charge in [0.15, 0.2) is 0 Å². The number of halogens is 2. The van der Waals surface area contributed by atoms with Crippen LogP contribution < -0.4 is 10.2 Å². The standard InChI is InChI=1S/C15H16ClFN4O/c1-3-21(4-2)14-8-13(18-9-19-14)15(22)20-10-5-6-12(17)11(16)7-10/h5-9H,3-4H2,1-2H3,(H,20,22). The summed E-state index contributed by atoms with van der Waals surface area (Å²) in [6.07, 6.45) is 1.35. The molecule has 0 unspecified atom stereocenters. The normalized spacial score (nSPS) is 10.4. The number of carbonyl (C=O) groups is 1. The van der Waals surface area contributed by atoms with Crippen molar-refractivity contribution in [3.05, 3.63) is 47.1 Å². The zero-order valence-electron chi connectivity index (χ0n) is 12.3. The van der Waals surface area contributed by atoms with Crippen LogP contribution in [0.3, 0.4) is 0 Å². The van der Waals surface area contributed by atoms with E-state index in [-0.39, 0.29) is 10.7 Å². The first kappa shape index (κ1) is 16.2. The van der Waals surface area contributed by atoms with Crippen LogP contribution in [0.15, 0.2) is 30.6 Å². The van der Waals surface area contributed by atoms with E-state index in [1.807, 2.05) is 18.7 Å². The van der Waals surface area contributed by atoms with Crippen LogP contribution >= 0.6 is 11.6 Å². The minimum atomic E-state index is -0.537. The molecule has 1 heterocycles. The van der Waals surface area contributed by atoms with Gasteiger partial charge in [-0.1, -0.05) is 11.6 Å². The number of amides is 1. The Bertz CT molecular complexity index is 676. The highest BCUT2D eigenvalue weighted by atomic mass is 35.5. The first-order valence-corrected chi connectivity index (χ1v) is 7.26. The molecule has 0 fully saturated rings. The number of benzene rings is 1. The lowest BCUT2D eigenvalue weighted by atomic mass is 10.3. The van der Waals surface area contributed by atoms with Crippen LogP contribution in [0.5, 0.6) is 0 Å². The Morgan fingerprint density at radius 2 is 2.00 bits per heavy atom. The fraction of sp³-hybridized carbons (Fsp3) is 0.267. The van der Waals surface area contributed by atoms with Gasteiger partial charge in [0.25, 0.3) is 5.91 Å². The highest BCUT2D eigenvalue weighted by Gasteiger charge is 2.12. The number of hydrogen-bond acceptors (Lipinski definition) is 4. The summed E-state index contributed by atoms with van der Waals surface area (Å²) < 4.78 is 13.1. The summed E-state index contributed by atoms with van der Waals surface area (Å²) >= 11 is 5.69. The van der Waals surface area contributed by atoms with Gasteiger partial charge in [0, 0.05) is 24.8 Å². The van der Waals surface area contributed by atoms with E-state index in [9.17, 15) is 9.18 Å². The quantitative estimate of drug-likeness (QED) is 0.917. The Labute approximate surface area is 133 Å². The third kappa shape index (κ3) is 3.71. The molecule has 0 radical (unpaired) electrons. The second-order valence-corrected chi connectivity index (χ2v) is 4.92. The second kappa shape index (κ2) is 7.17. The predicted octanol–water partition coefficient (Wildman–Crippen LogP) is 3.37. The van der Waals surface area contributed by atoms with Crippen molar-refractivity contribution in [2.45, 2.75) is 13.8 Å². The molecular weight excluding hydrogens is 307 g/mol. The molecule has 0 atom stereocenters. The molecule has 7 heteroatoms. The van der Waals surface area contributed by atoms with Gasteiger partial charge < -0.3 is 10.2 Å². The minimum Gasteiger partial charge on any atom is -0.357 e. The average Bonchev–Trinajstić information content (AvgIpc) is 2.52. The number of rotatable bonds is 5. The highest BCUT2D eigenvalue weighted by Crippen LogP contribution is 2.20. The molecule has 116 valence electrons. The lowest BCUT2D eigenvalue weighted by Gasteiger charge is -2.19. The third-order valence-electron chi connectivity index (χ3n) is 3.15. The summed E-state index contributed by atoms with van der Waals surface area (Å²) in [6.45, 7) is 5.57. The van der Waals surface area contributed by atoms with Gasteiger partial charge in [-0.2, -0.15) is 0 Å². The number of anilines is 2. The average molecular weight is 323 g/mol. The molecule has 0 aliphatic rings. The van der Waals surface area contributed by atoms with Crippen LogP contribution in [0.2, 0.25) is 5.02 Å². The summed E-state index contributed by atoms with van der Waals surface area (Å²) in [5.41, 5.74) is 0.636. The summed E-state index contributed by atoms with van der Waals surface area (Å²) in [4.78, 5) is 22.3. The monoisotopic (exact) mass is 322 g/mol. The summed E-state index contributed by atoms with van der Waals surface area (Å²) in [6, 6.07) is 5.60. The maximum atomic E-state index is 13.1. The topological polar surface area (TPSA) is 58.1 Å². The number of carbonyl (C=O) groups excluding carboxylic acids is 1. The van der Waals surface area contributed by atoms with Crippen LogP contribution in [-0.4, -0.2) is 29.0 Å². The Balaban J connectivity index is 2.18. The molecule has 0 saturated carbocycles. The SMILES string of the molecule is CCN(CC)c1cc(C(=O)Nc2ccc(F)c(Cl)c2)ncn1. The van der Waals surface area contributed by atoms with Crippen molar-refractivity contribution in [2.24, 2.45) is 0 Å². The molecule has 2 rings (SSSR count). The van der Waals surface area contributed by atoms with Gasteiger partial charge in [-0.3, -0.25) is 4.79 Å². The van der Waals surface area contributed by atoms with Crippen molar-refractivity contribution in [3.63, 3.8) is 0 Å². The molecule has 1 N–H and O–H groups in total. The fourth-order valence-electron chi connectivity index (χ4n) is 1.96. The smallest absolute Gasteiger partial charge is 0.274 e. The molecule has 0 aliphatic heterocycles. The summed E-state index contributed by atoms with van der Waals surface area (Å²) in [5, 5.41) is 2.58. The Morgan fingerprint density at radius 1 is 1.27 bits per heavy atom. The van der Waals surface area contributed by atoms with Gasteiger partial charge in [0.2, 0.25) is 0 Å². The van der Waals surface area contributed by atoms with Crippen LogP contribution in [0, 0.1) is 5.82 Å². The Morgan fingerprint density at radius 3 is 2.64 bits per heavy atom. The van der Waals surface area contributed by atoms with E-state index in [2.05, 4.69) is 15.3 Å². The maximum absolute atomic E-state index is 13.1. The van der Waals surface area contributed by atoms with Crippen LogP contribution in [0.1, 0.15) is 24.3 Å². The number of aromatic nitrogens is 2. The zero-order chi connectivity index (χ0) is 16.1. The van der Waals surface area contributed by atoms with E-state index < -0.39 is 11.7 Å². The first-order chi connectivity index (χ1) is 10.5. The largest absolute Gasteiger partial charge is 0.357 e. The van der Waals surface area contributed by atoms with Crippen molar-refractivity contribution in [1.82, 2.24) is 9.97 Å². The molecule has 0 saturated heterocycles. The number of nitrogens with one attached hydrogen (secondary N) is 1. The van der Waals surface area contributed by atoms with E-state index >= 15 is 0 Å². The van der Waals surface area contributed by atoms with Crippen molar-refractivity contribution in [1.29, 1.82) is 0 Å². The molecule has 2 aromatic rings. The third-order valence-corrected chi connectivity index (χ3v) is 3.44. The van der Waals surface area contributed by atoms with Gasteiger partial charge in [0.1, 0.15) is 23.7 Å². The van der Waals surface area contributed by atoms with Crippen molar-refractivity contribution in [2.75, 3.05) is 23.3 Å². The van der Waals surface area contributed by atoms with Crippen LogP contribution in [0.25, 0.3) is 0 Å². The van der Waals surface area contributed by atoms with Gasteiger partial charge in [-0.05, 0) is 32.0 Å². The molecule has 0 spiro atoms.